The molecule has 3 N–H and O–H groups in total. The average molecular weight is 251 g/mol. The zero-order chi connectivity index (χ0) is 11.4. The van der Waals surface area contributed by atoms with Crippen LogP contribution in [-0.2, 0) is 0 Å². The topological polar surface area (TPSA) is 71.5 Å². The standard InChI is InChI=1S/C10H9N3OS2/c11-9(13-14)7-3-1-2-4-8(7)16-10-12-5-6-15-10/h1-6,14H,(H2,11,13). The molecule has 0 aliphatic carbocycles. The second-order valence-corrected chi connectivity index (χ2v) is 5.07. The molecular weight excluding hydrogens is 242 g/mol. The number of hydrogen-bond acceptors (Lipinski definition) is 5. The van der Waals surface area contributed by atoms with Crippen LogP contribution in [0.4, 0.5) is 0 Å². The number of rotatable bonds is 3. The van der Waals surface area contributed by atoms with Gasteiger partial charge in [0.1, 0.15) is 0 Å². The first-order valence-corrected chi connectivity index (χ1v) is 6.15. The van der Waals surface area contributed by atoms with E-state index in [-0.39, 0.29) is 5.84 Å². The van der Waals surface area contributed by atoms with Crippen LogP contribution in [0.25, 0.3) is 0 Å². The van der Waals surface area contributed by atoms with E-state index < -0.39 is 0 Å². The van der Waals surface area contributed by atoms with Crippen molar-refractivity contribution in [2.45, 2.75) is 9.24 Å². The van der Waals surface area contributed by atoms with Crippen LogP contribution in [0.2, 0.25) is 0 Å². The Labute approximate surface area is 101 Å². The summed E-state index contributed by atoms with van der Waals surface area (Å²) in [6, 6.07) is 7.48. The lowest BCUT2D eigenvalue weighted by molar-refractivity contribution is 0.318. The smallest absolute Gasteiger partial charge is 0.171 e. The zero-order valence-corrected chi connectivity index (χ0v) is 9.83. The minimum atomic E-state index is 0.111. The Hall–Kier alpha value is -1.53. The first-order chi connectivity index (χ1) is 7.81. The third kappa shape index (κ3) is 2.34. The van der Waals surface area contributed by atoms with Crippen LogP contribution in [-0.4, -0.2) is 16.0 Å². The molecule has 82 valence electrons. The number of hydrogen-bond donors (Lipinski definition) is 2. The Morgan fingerprint density at radius 1 is 1.44 bits per heavy atom. The SMILES string of the molecule is N/C(=N/O)c1ccccc1Sc1nccs1. The Kier molecular flexibility index (Phi) is 3.43. The molecule has 1 heterocycles. The van der Waals surface area contributed by atoms with Crippen LogP contribution in [0, 0.1) is 0 Å². The number of oxime groups is 1. The van der Waals surface area contributed by atoms with Crippen molar-refractivity contribution in [3.8, 4) is 0 Å². The zero-order valence-electron chi connectivity index (χ0n) is 8.20. The molecule has 1 aromatic carbocycles. The fraction of sp³-hybridized carbons (Fsp3) is 0. The van der Waals surface area contributed by atoms with E-state index in [1.165, 1.54) is 11.8 Å². The summed E-state index contributed by atoms with van der Waals surface area (Å²) in [5, 5.41) is 13.6. The minimum Gasteiger partial charge on any atom is -0.409 e. The highest BCUT2D eigenvalue weighted by Gasteiger charge is 2.08. The van der Waals surface area contributed by atoms with E-state index in [2.05, 4.69) is 10.1 Å². The molecule has 6 heteroatoms. The van der Waals surface area contributed by atoms with E-state index in [1.54, 1.807) is 17.5 Å². The van der Waals surface area contributed by atoms with Gasteiger partial charge in [-0.25, -0.2) is 4.98 Å². The van der Waals surface area contributed by atoms with Gasteiger partial charge >= 0.3 is 0 Å². The van der Waals surface area contributed by atoms with E-state index in [0.29, 0.717) is 5.56 Å². The van der Waals surface area contributed by atoms with Crippen LogP contribution in [0.1, 0.15) is 5.56 Å². The Bertz CT molecular complexity index is 497. The van der Waals surface area contributed by atoms with Gasteiger partial charge in [-0.15, -0.1) is 11.3 Å². The van der Waals surface area contributed by atoms with Gasteiger partial charge in [-0.05, 0) is 6.07 Å². The van der Waals surface area contributed by atoms with E-state index in [1.807, 2.05) is 29.6 Å². The molecule has 0 radical (unpaired) electrons. The lowest BCUT2D eigenvalue weighted by Gasteiger charge is -2.05. The molecule has 0 amide bonds. The van der Waals surface area contributed by atoms with Crippen molar-refractivity contribution in [1.29, 1.82) is 0 Å². The van der Waals surface area contributed by atoms with Crippen LogP contribution in [0.15, 0.2) is 50.2 Å². The van der Waals surface area contributed by atoms with Crippen molar-refractivity contribution in [1.82, 2.24) is 4.98 Å². The first-order valence-electron chi connectivity index (χ1n) is 4.45. The Balaban J connectivity index is 2.34. The highest BCUT2D eigenvalue weighted by Crippen LogP contribution is 2.31. The van der Waals surface area contributed by atoms with Gasteiger partial charge in [-0.2, -0.15) is 0 Å². The summed E-state index contributed by atoms with van der Waals surface area (Å²) >= 11 is 3.05. The monoisotopic (exact) mass is 251 g/mol. The normalized spacial score (nSPS) is 11.6. The molecule has 0 saturated heterocycles. The average Bonchev–Trinajstić information content (AvgIpc) is 2.82. The summed E-state index contributed by atoms with van der Waals surface area (Å²) in [6.45, 7) is 0. The predicted octanol–water partition coefficient (Wildman–Crippen LogP) is 2.39. The summed E-state index contributed by atoms with van der Waals surface area (Å²) in [6.07, 6.45) is 1.75. The number of thiazole rings is 1. The molecule has 16 heavy (non-hydrogen) atoms. The maximum atomic E-state index is 8.68. The van der Waals surface area contributed by atoms with Crippen molar-refractivity contribution >= 4 is 28.9 Å². The molecule has 0 bridgehead atoms. The minimum absolute atomic E-state index is 0.111. The van der Waals surface area contributed by atoms with E-state index >= 15 is 0 Å². The molecule has 0 atom stereocenters. The molecule has 2 rings (SSSR count). The molecule has 2 aromatic rings. The van der Waals surface area contributed by atoms with Crippen molar-refractivity contribution in [2.75, 3.05) is 0 Å². The van der Waals surface area contributed by atoms with Crippen LogP contribution in [0.5, 0.6) is 0 Å². The molecule has 0 saturated carbocycles. The third-order valence-corrected chi connectivity index (χ3v) is 3.84. The maximum absolute atomic E-state index is 8.68. The van der Waals surface area contributed by atoms with Gasteiger partial charge in [0.15, 0.2) is 10.2 Å². The molecule has 4 nitrogen and oxygen atoms in total. The molecule has 0 aliphatic heterocycles. The first kappa shape index (κ1) is 11.0. The quantitative estimate of drug-likeness (QED) is 0.380. The molecule has 0 fully saturated rings. The number of nitrogens with zero attached hydrogens (tertiary/aromatic N) is 2. The summed E-state index contributed by atoms with van der Waals surface area (Å²) in [4.78, 5) is 5.10. The molecule has 0 spiro atoms. The van der Waals surface area contributed by atoms with Crippen molar-refractivity contribution < 1.29 is 5.21 Å². The largest absolute Gasteiger partial charge is 0.409 e. The van der Waals surface area contributed by atoms with E-state index in [4.69, 9.17) is 10.9 Å². The lowest BCUT2D eigenvalue weighted by atomic mass is 10.2. The Morgan fingerprint density at radius 2 is 2.25 bits per heavy atom. The van der Waals surface area contributed by atoms with Gasteiger partial charge in [-0.1, -0.05) is 35.1 Å². The van der Waals surface area contributed by atoms with Gasteiger partial charge in [0.25, 0.3) is 0 Å². The number of amidine groups is 1. The number of aromatic nitrogens is 1. The fourth-order valence-corrected chi connectivity index (χ4v) is 2.90. The van der Waals surface area contributed by atoms with E-state index in [0.717, 1.165) is 9.24 Å². The molecular formula is C10H9N3OS2. The van der Waals surface area contributed by atoms with Crippen LogP contribution < -0.4 is 5.73 Å². The highest BCUT2D eigenvalue weighted by molar-refractivity contribution is 8.01. The van der Waals surface area contributed by atoms with Gasteiger partial charge in [0.05, 0.1) is 0 Å². The maximum Gasteiger partial charge on any atom is 0.171 e. The van der Waals surface area contributed by atoms with Gasteiger partial charge in [0.2, 0.25) is 0 Å². The van der Waals surface area contributed by atoms with Gasteiger partial charge < -0.3 is 10.9 Å². The molecule has 0 unspecified atom stereocenters. The van der Waals surface area contributed by atoms with Crippen molar-refractivity contribution in [3.63, 3.8) is 0 Å². The second-order valence-electron chi connectivity index (χ2n) is 2.88. The summed E-state index contributed by atoms with van der Waals surface area (Å²) in [7, 11) is 0. The van der Waals surface area contributed by atoms with Crippen molar-refractivity contribution in [3.05, 3.63) is 41.4 Å². The second kappa shape index (κ2) is 5.00. The number of benzene rings is 1. The summed E-state index contributed by atoms with van der Waals surface area (Å²) < 4.78 is 0.929. The Morgan fingerprint density at radius 3 is 2.94 bits per heavy atom. The fourth-order valence-electron chi connectivity index (χ4n) is 1.18. The molecule has 1 aromatic heterocycles. The van der Waals surface area contributed by atoms with Crippen LogP contribution >= 0.6 is 23.1 Å². The predicted molar refractivity (Wildman–Crippen MR) is 65.2 cm³/mol. The van der Waals surface area contributed by atoms with Gasteiger partial charge in [-0.3, -0.25) is 0 Å². The summed E-state index contributed by atoms with van der Waals surface area (Å²) in [5.74, 6) is 0.111. The van der Waals surface area contributed by atoms with Crippen molar-refractivity contribution in [2.24, 2.45) is 10.9 Å². The van der Waals surface area contributed by atoms with Gasteiger partial charge in [0, 0.05) is 22.0 Å². The number of nitrogens with two attached hydrogens (primary N) is 1. The molecule has 0 aliphatic rings. The van der Waals surface area contributed by atoms with E-state index in [9.17, 15) is 0 Å². The van der Waals surface area contributed by atoms with Crippen LogP contribution in [0.3, 0.4) is 0 Å². The summed E-state index contributed by atoms with van der Waals surface area (Å²) in [5.41, 5.74) is 6.31. The lowest BCUT2D eigenvalue weighted by Crippen LogP contribution is -2.13. The third-order valence-electron chi connectivity index (χ3n) is 1.88. The highest BCUT2D eigenvalue weighted by atomic mass is 32.2.